The van der Waals surface area contributed by atoms with Crippen LogP contribution < -0.4 is 11.1 Å². The number of nitrogens with one attached hydrogen (secondary N) is 1. The summed E-state index contributed by atoms with van der Waals surface area (Å²) in [6.45, 7) is 1.69. The highest BCUT2D eigenvalue weighted by molar-refractivity contribution is 5.81. The van der Waals surface area contributed by atoms with Crippen molar-refractivity contribution in [1.82, 2.24) is 10.2 Å². The first-order valence-electron chi connectivity index (χ1n) is 6.95. The fraction of sp³-hybridized carbons (Fsp3) is 0.533. The SMILES string of the molecule is CN(C)CCCCNC(=O)[C@@H](N)Cc1ccc(O)cc1. The summed E-state index contributed by atoms with van der Waals surface area (Å²) in [7, 11) is 4.07. The van der Waals surface area contributed by atoms with E-state index in [0.717, 1.165) is 24.9 Å². The van der Waals surface area contributed by atoms with Crippen molar-refractivity contribution >= 4 is 5.91 Å². The molecule has 0 saturated heterocycles. The molecule has 1 aromatic rings. The molecule has 1 atom stereocenters. The molecule has 0 bridgehead atoms. The van der Waals surface area contributed by atoms with Crippen molar-refractivity contribution in [2.75, 3.05) is 27.2 Å². The van der Waals surface area contributed by atoms with Gasteiger partial charge in [0, 0.05) is 6.54 Å². The summed E-state index contributed by atoms with van der Waals surface area (Å²) in [5.41, 5.74) is 6.81. The minimum Gasteiger partial charge on any atom is -0.508 e. The van der Waals surface area contributed by atoms with Gasteiger partial charge in [0.15, 0.2) is 0 Å². The lowest BCUT2D eigenvalue weighted by atomic mass is 10.1. The number of hydrogen-bond donors (Lipinski definition) is 3. The number of hydrogen-bond acceptors (Lipinski definition) is 4. The Labute approximate surface area is 120 Å². The molecule has 4 N–H and O–H groups in total. The van der Waals surface area contributed by atoms with Gasteiger partial charge in [-0.15, -0.1) is 0 Å². The highest BCUT2D eigenvalue weighted by Gasteiger charge is 2.13. The van der Waals surface area contributed by atoms with Crippen LogP contribution in [0.5, 0.6) is 5.75 Å². The average Bonchev–Trinajstić information content (AvgIpc) is 2.40. The van der Waals surface area contributed by atoms with E-state index in [9.17, 15) is 9.90 Å². The fourth-order valence-corrected chi connectivity index (χ4v) is 1.87. The Morgan fingerprint density at radius 2 is 1.95 bits per heavy atom. The summed E-state index contributed by atoms with van der Waals surface area (Å²) in [6.07, 6.45) is 2.49. The Morgan fingerprint density at radius 3 is 2.55 bits per heavy atom. The van der Waals surface area contributed by atoms with Crippen LogP contribution in [0.4, 0.5) is 0 Å². The van der Waals surface area contributed by atoms with E-state index in [-0.39, 0.29) is 11.7 Å². The Kier molecular flexibility index (Phi) is 7.04. The quantitative estimate of drug-likeness (QED) is 0.613. The third kappa shape index (κ3) is 6.54. The first kappa shape index (κ1) is 16.5. The number of unbranched alkanes of at least 4 members (excludes halogenated alkanes) is 1. The summed E-state index contributed by atoms with van der Waals surface area (Å²) in [5, 5.41) is 12.0. The van der Waals surface area contributed by atoms with Gasteiger partial charge in [-0.05, 0) is 57.6 Å². The normalized spacial score (nSPS) is 12.4. The largest absolute Gasteiger partial charge is 0.508 e. The molecule has 5 nitrogen and oxygen atoms in total. The molecule has 0 heterocycles. The van der Waals surface area contributed by atoms with Crippen molar-refractivity contribution in [2.24, 2.45) is 5.73 Å². The molecular formula is C15H25N3O2. The maximum Gasteiger partial charge on any atom is 0.237 e. The molecule has 5 heteroatoms. The predicted molar refractivity (Wildman–Crippen MR) is 80.6 cm³/mol. The third-order valence-corrected chi connectivity index (χ3v) is 3.06. The molecule has 0 spiro atoms. The van der Waals surface area contributed by atoms with Crippen molar-refractivity contribution in [2.45, 2.75) is 25.3 Å². The van der Waals surface area contributed by atoms with Crippen LogP contribution in [0.2, 0.25) is 0 Å². The number of carbonyl (C=O) groups excluding carboxylic acids is 1. The lowest BCUT2D eigenvalue weighted by Crippen LogP contribution is -2.42. The zero-order chi connectivity index (χ0) is 15.0. The molecule has 112 valence electrons. The first-order valence-corrected chi connectivity index (χ1v) is 6.95. The zero-order valence-corrected chi connectivity index (χ0v) is 12.3. The molecule has 1 amide bonds. The zero-order valence-electron chi connectivity index (χ0n) is 12.3. The third-order valence-electron chi connectivity index (χ3n) is 3.06. The van der Waals surface area contributed by atoms with Gasteiger partial charge in [-0.3, -0.25) is 4.79 Å². The molecule has 20 heavy (non-hydrogen) atoms. The number of nitrogens with two attached hydrogens (primary N) is 1. The highest BCUT2D eigenvalue weighted by Crippen LogP contribution is 2.10. The molecule has 0 fully saturated rings. The summed E-state index contributed by atoms with van der Waals surface area (Å²) in [5.74, 6) is 0.0931. The van der Waals surface area contributed by atoms with Crippen molar-refractivity contribution < 1.29 is 9.90 Å². The minimum atomic E-state index is -0.548. The number of nitrogens with zero attached hydrogens (tertiary/aromatic N) is 1. The van der Waals surface area contributed by atoms with Gasteiger partial charge >= 0.3 is 0 Å². The summed E-state index contributed by atoms with van der Waals surface area (Å²) >= 11 is 0. The van der Waals surface area contributed by atoms with Crippen LogP contribution in [-0.2, 0) is 11.2 Å². The molecule has 0 unspecified atom stereocenters. The maximum absolute atomic E-state index is 11.8. The van der Waals surface area contributed by atoms with Crippen LogP contribution in [0.25, 0.3) is 0 Å². The molecule has 0 aliphatic rings. The molecular weight excluding hydrogens is 254 g/mol. The summed E-state index contributed by atoms with van der Waals surface area (Å²) in [4.78, 5) is 13.9. The topological polar surface area (TPSA) is 78.6 Å². The number of phenols is 1. The van der Waals surface area contributed by atoms with Crippen LogP contribution in [0.1, 0.15) is 18.4 Å². The Hall–Kier alpha value is -1.59. The van der Waals surface area contributed by atoms with Crippen molar-refractivity contribution in [3.8, 4) is 5.75 Å². The van der Waals surface area contributed by atoms with Crippen molar-refractivity contribution in [3.63, 3.8) is 0 Å². The van der Waals surface area contributed by atoms with Gasteiger partial charge in [-0.2, -0.15) is 0 Å². The molecule has 0 aliphatic heterocycles. The second kappa shape index (κ2) is 8.55. The second-order valence-corrected chi connectivity index (χ2v) is 5.28. The Bertz CT molecular complexity index is 404. The number of rotatable bonds is 8. The van der Waals surface area contributed by atoms with Gasteiger partial charge in [-0.1, -0.05) is 12.1 Å². The standard InChI is InChI=1S/C15H25N3O2/c1-18(2)10-4-3-9-17-15(20)14(16)11-12-5-7-13(19)8-6-12/h5-8,14,19H,3-4,9-11,16H2,1-2H3,(H,17,20)/t14-/m0/s1. The number of aromatic hydroxyl groups is 1. The second-order valence-electron chi connectivity index (χ2n) is 5.28. The van der Waals surface area contributed by atoms with E-state index in [2.05, 4.69) is 10.2 Å². The number of phenolic OH excluding ortho intramolecular Hbond substituents is 1. The van der Waals surface area contributed by atoms with Crippen LogP contribution >= 0.6 is 0 Å². The van der Waals surface area contributed by atoms with Gasteiger partial charge in [0.2, 0.25) is 5.91 Å². The highest BCUT2D eigenvalue weighted by atomic mass is 16.3. The van der Waals surface area contributed by atoms with E-state index in [1.165, 1.54) is 0 Å². The minimum absolute atomic E-state index is 0.122. The first-order chi connectivity index (χ1) is 9.49. The van der Waals surface area contributed by atoms with Crippen LogP contribution in [0, 0.1) is 0 Å². The Morgan fingerprint density at radius 1 is 1.30 bits per heavy atom. The van der Waals surface area contributed by atoms with Gasteiger partial charge in [-0.25, -0.2) is 0 Å². The Balaban J connectivity index is 2.23. The molecule has 1 aromatic carbocycles. The lowest BCUT2D eigenvalue weighted by molar-refractivity contribution is -0.122. The summed E-state index contributed by atoms with van der Waals surface area (Å²) in [6, 6.07) is 6.20. The van der Waals surface area contributed by atoms with Crippen LogP contribution in [0.3, 0.4) is 0 Å². The number of benzene rings is 1. The number of amides is 1. The monoisotopic (exact) mass is 279 g/mol. The van der Waals surface area contributed by atoms with Gasteiger partial charge in [0.05, 0.1) is 6.04 Å². The van der Waals surface area contributed by atoms with Crippen LogP contribution in [-0.4, -0.2) is 49.1 Å². The van der Waals surface area contributed by atoms with Crippen molar-refractivity contribution in [3.05, 3.63) is 29.8 Å². The van der Waals surface area contributed by atoms with Gasteiger partial charge < -0.3 is 21.1 Å². The predicted octanol–water partition coefficient (Wildman–Crippen LogP) is 0.720. The molecule has 1 rings (SSSR count). The van der Waals surface area contributed by atoms with E-state index in [1.54, 1.807) is 24.3 Å². The maximum atomic E-state index is 11.8. The molecule has 0 aliphatic carbocycles. The smallest absolute Gasteiger partial charge is 0.237 e. The molecule has 0 aromatic heterocycles. The fourth-order valence-electron chi connectivity index (χ4n) is 1.87. The van der Waals surface area contributed by atoms with E-state index < -0.39 is 6.04 Å². The number of carbonyl (C=O) groups is 1. The van der Waals surface area contributed by atoms with E-state index in [0.29, 0.717) is 13.0 Å². The van der Waals surface area contributed by atoms with E-state index >= 15 is 0 Å². The van der Waals surface area contributed by atoms with Gasteiger partial charge in [0.1, 0.15) is 5.75 Å². The summed E-state index contributed by atoms with van der Waals surface area (Å²) < 4.78 is 0. The van der Waals surface area contributed by atoms with E-state index in [4.69, 9.17) is 5.73 Å². The van der Waals surface area contributed by atoms with E-state index in [1.807, 2.05) is 14.1 Å². The molecule has 0 saturated carbocycles. The van der Waals surface area contributed by atoms with Crippen LogP contribution in [0.15, 0.2) is 24.3 Å². The molecule has 0 radical (unpaired) electrons. The van der Waals surface area contributed by atoms with Crippen molar-refractivity contribution in [1.29, 1.82) is 0 Å². The van der Waals surface area contributed by atoms with Gasteiger partial charge in [0.25, 0.3) is 0 Å². The lowest BCUT2D eigenvalue weighted by Gasteiger charge is -2.13. The average molecular weight is 279 g/mol.